The van der Waals surface area contributed by atoms with Gasteiger partial charge in [-0.2, -0.15) is 0 Å². The van der Waals surface area contributed by atoms with Crippen LogP contribution in [0.15, 0.2) is 48.8 Å². The molecule has 7 nitrogen and oxygen atoms in total. The second kappa shape index (κ2) is 8.48. The van der Waals surface area contributed by atoms with Crippen molar-refractivity contribution in [1.82, 2.24) is 20.1 Å². The third-order valence-electron chi connectivity index (χ3n) is 4.96. The molecule has 0 radical (unpaired) electrons. The van der Waals surface area contributed by atoms with E-state index in [9.17, 15) is 9.59 Å². The molecular weight excluding hydrogens is 386 g/mol. The summed E-state index contributed by atoms with van der Waals surface area (Å²) in [5, 5.41) is 13.0. The average Bonchev–Trinajstić information content (AvgIpc) is 3.20. The number of nitrogens with zero attached hydrogens (tertiary/aromatic N) is 4. The van der Waals surface area contributed by atoms with Crippen LogP contribution in [0, 0.1) is 12.8 Å². The number of aromatic nitrogens is 3. The zero-order valence-corrected chi connectivity index (χ0v) is 16.9. The van der Waals surface area contributed by atoms with Crippen LogP contribution in [-0.2, 0) is 4.79 Å². The number of amides is 2. The van der Waals surface area contributed by atoms with Gasteiger partial charge in [-0.3, -0.25) is 14.6 Å². The molecule has 1 N–H and O–H groups in total. The molecule has 1 fully saturated rings. The van der Waals surface area contributed by atoms with Gasteiger partial charge >= 0.3 is 0 Å². The molecule has 0 bridgehead atoms. The minimum atomic E-state index is -0.111. The van der Waals surface area contributed by atoms with Gasteiger partial charge in [0.2, 0.25) is 5.91 Å². The molecule has 0 spiro atoms. The predicted octanol–water partition coefficient (Wildman–Crippen LogP) is 3.40. The molecule has 0 atom stereocenters. The molecule has 2 amide bonds. The van der Waals surface area contributed by atoms with Crippen LogP contribution in [0.4, 0.5) is 5.69 Å². The lowest BCUT2D eigenvalue weighted by atomic mass is 9.95. The fourth-order valence-corrected chi connectivity index (χ4v) is 4.09. The quantitative estimate of drug-likeness (QED) is 0.716. The zero-order chi connectivity index (χ0) is 20.2. The van der Waals surface area contributed by atoms with Crippen LogP contribution >= 0.6 is 11.3 Å². The number of aryl methyl sites for hydroxylation is 1. The van der Waals surface area contributed by atoms with E-state index in [1.165, 1.54) is 11.3 Å². The Balaban J connectivity index is 1.35. The number of piperidine rings is 1. The van der Waals surface area contributed by atoms with E-state index in [0.717, 1.165) is 21.3 Å². The van der Waals surface area contributed by atoms with Crippen molar-refractivity contribution in [3.8, 4) is 10.6 Å². The van der Waals surface area contributed by atoms with Crippen LogP contribution in [0.1, 0.15) is 28.2 Å². The SMILES string of the molecule is Cc1nnc(-c2cccc(NC(=O)C3CCN(C(=O)c4cccnc4)CC3)c2)s1. The lowest BCUT2D eigenvalue weighted by Crippen LogP contribution is -2.41. The van der Waals surface area contributed by atoms with Gasteiger partial charge in [-0.25, -0.2) is 0 Å². The standard InChI is InChI=1S/C21H21N5O2S/c1-14-24-25-20(29-14)16-4-2-6-18(12-16)23-19(27)15-7-10-26(11-8-15)21(28)17-5-3-9-22-13-17/h2-6,9,12-13,15H,7-8,10-11H2,1H3,(H,23,27). The Kier molecular flexibility index (Phi) is 5.62. The highest BCUT2D eigenvalue weighted by atomic mass is 32.1. The number of hydrogen-bond donors (Lipinski definition) is 1. The maximum Gasteiger partial charge on any atom is 0.255 e. The van der Waals surface area contributed by atoms with E-state index < -0.39 is 0 Å². The van der Waals surface area contributed by atoms with Crippen LogP contribution in [0.25, 0.3) is 10.6 Å². The van der Waals surface area contributed by atoms with E-state index in [-0.39, 0.29) is 17.7 Å². The maximum absolute atomic E-state index is 12.7. The minimum absolute atomic E-state index is 0.0101. The monoisotopic (exact) mass is 407 g/mol. The lowest BCUT2D eigenvalue weighted by molar-refractivity contribution is -0.121. The second-order valence-corrected chi connectivity index (χ2v) is 8.19. The highest BCUT2D eigenvalue weighted by Crippen LogP contribution is 2.26. The van der Waals surface area contributed by atoms with E-state index in [4.69, 9.17) is 0 Å². The van der Waals surface area contributed by atoms with Gasteiger partial charge in [-0.1, -0.05) is 23.5 Å². The summed E-state index contributed by atoms with van der Waals surface area (Å²) in [4.78, 5) is 31.0. The topological polar surface area (TPSA) is 88.1 Å². The van der Waals surface area contributed by atoms with Crippen molar-refractivity contribution in [3.05, 3.63) is 59.4 Å². The molecule has 148 valence electrons. The van der Waals surface area contributed by atoms with Crippen LogP contribution in [0.5, 0.6) is 0 Å². The fourth-order valence-electron chi connectivity index (χ4n) is 3.40. The van der Waals surface area contributed by atoms with Gasteiger partial charge in [0.1, 0.15) is 10.0 Å². The van der Waals surface area contributed by atoms with Crippen molar-refractivity contribution >= 4 is 28.8 Å². The number of carbonyl (C=O) groups excluding carboxylic acids is 2. The first-order valence-electron chi connectivity index (χ1n) is 9.51. The first-order chi connectivity index (χ1) is 14.1. The number of nitrogens with one attached hydrogen (secondary N) is 1. The molecule has 1 aliphatic heterocycles. The van der Waals surface area contributed by atoms with Crippen LogP contribution in [0.3, 0.4) is 0 Å². The summed E-state index contributed by atoms with van der Waals surface area (Å²) in [7, 11) is 0. The van der Waals surface area contributed by atoms with Crippen LogP contribution in [0.2, 0.25) is 0 Å². The Labute approximate surface area is 172 Å². The van der Waals surface area contributed by atoms with Gasteiger partial charge in [-0.05, 0) is 44.0 Å². The van der Waals surface area contributed by atoms with E-state index >= 15 is 0 Å². The van der Waals surface area contributed by atoms with Crippen molar-refractivity contribution in [1.29, 1.82) is 0 Å². The molecule has 1 saturated heterocycles. The largest absolute Gasteiger partial charge is 0.339 e. The van der Waals surface area contributed by atoms with Crippen LogP contribution in [-0.4, -0.2) is 45.0 Å². The van der Waals surface area contributed by atoms with Gasteiger partial charge in [0.25, 0.3) is 5.91 Å². The van der Waals surface area contributed by atoms with Crippen molar-refractivity contribution in [3.63, 3.8) is 0 Å². The number of rotatable bonds is 4. The third kappa shape index (κ3) is 4.48. The molecule has 3 aromatic rings. The Morgan fingerprint density at radius 1 is 1.14 bits per heavy atom. The smallest absolute Gasteiger partial charge is 0.255 e. The second-order valence-electron chi connectivity index (χ2n) is 7.00. The van der Waals surface area contributed by atoms with E-state index in [0.29, 0.717) is 31.5 Å². The summed E-state index contributed by atoms with van der Waals surface area (Å²) in [6.07, 6.45) is 4.52. The first-order valence-corrected chi connectivity index (χ1v) is 10.3. The molecule has 0 saturated carbocycles. The molecule has 1 aromatic carbocycles. The highest BCUT2D eigenvalue weighted by Gasteiger charge is 2.28. The maximum atomic E-state index is 12.7. The highest BCUT2D eigenvalue weighted by molar-refractivity contribution is 7.14. The van der Waals surface area contributed by atoms with Gasteiger partial charge in [0, 0.05) is 42.7 Å². The molecule has 1 aliphatic rings. The zero-order valence-electron chi connectivity index (χ0n) is 16.0. The van der Waals surface area contributed by atoms with E-state index in [1.807, 2.05) is 31.2 Å². The molecule has 2 aromatic heterocycles. The predicted molar refractivity (Wildman–Crippen MR) is 112 cm³/mol. The Morgan fingerprint density at radius 3 is 2.66 bits per heavy atom. The van der Waals surface area contributed by atoms with Gasteiger partial charge in [0.05, 0.1) is 5.56 Å². The number of hydrogen-bond acceptors (Lipinski definition) is 6. The van der Waals surface area contributed by atoms with Crippen LogP contribution < -0.4 is 5.32 Å². The summed E-state index contributed by atoms with van der Waals surface area (Å²) in [6, 6.07) is 11.2. The van der Waals surface area contributed by atoms with Gasteiger partial charge in [-0.15, -0.1) is 10.2 Å². The van der Waals surface area contributed by atoms with E-state index in [1.54, 1.807) is 29.4 Å². The molecule has 0 unspecified atom stereocenters. The molecule has 29 heavy (non-hydrogen) atoms. The fraction of sp³-hybridized carbons (Fsp3) is 0.286. The molecule has 0 aliphatic carbocycles. The van der Waals surface area contributed by atoms with Crippen molar-refractivity contribution in [2.75, 3.05) is 18.4 Å². The Bertz CT molecular complexity index is 1010. The summed E-state index contributed by atoms with van der Waals surface area (Å²) in [5.74, 6) is -0.151. The van der Waals surface area contributed by atoms with Crippen molar-refractivity contribution < 1.29 is 9.59 Å². The Morgan fingerprint density at radius 2 is 1.97 bits per heavy atom. The minimum Gasteiger partial charge on any atom is -0.339 e. The molecule has 3 heterocycles. The third-order valence-corrected chi connectivity index (χ3v) is 5.85. The number of likely N-dealkylation sites (tertiary alicyclic amines) is 1. The number of pyridine rings is 1. The van der Waals surface area contributed by atoms with Gasteiger partial charge < -0.3 is 10.2 Å². The van der Waals surface area contributed by atoms with Crippen molar-refractivity contribution in [2.45, 2.75) is 19.8 Å². The van der Waals surface area contributed by atoms with E-state index in [2.05, 4.69) is 20.5 Å². The Hall–Kier alpha value is -3.13. The first kappa shape index (κ1) is 19.2. The summed E-state index contributed by atoms with van der Waals surface area (Å²) in [5.41, 5.74) is 2.26. The average molecular weight is 407 g/mol. The number of benzene rings is 1. The number of anilines is 1. The summed E-state index contributed by atoms with van der Waals surface area (Å²) < 4.78 is 0. The van der Waals surface area contributed by atoms with Crippen molar-refractivity contribution in [2.24, 2.45) is 5.92 Å². The normalized spacial score (nSPS) is 14.6. The molecule has 8 heteroatoms. The molecular formula is C21H21N5O2S. The van der Waals surface area contributed by atoms with Gasteiger partial charge in [0.15, 0.2) is 0 Å². The molecule has 4 rings (SSSR count). The number of carbonyl (C=O) groups is 2. The summed E-state index contributed by atoms with van der Waals surface area (Å²) in [6.45, 7) is 3.05. The summed E-state index contributed by atoms with van der Waals surface area (Å²) >= 11 is 1.52. The lowest BCUT2D eigenvalue weighted by Gasteiger charge is -2.31.